The Morgan fingerprint density at radius 1 is 1.14 bits per heavy atom. The van der Waals surface area contributed by atoms with E-state index in [9.17, 15) is 0 Å². The molecule has 0 atom stereocenters. The molecular formula is C17H16BrNO2. The molecule has 0 unspecified atom stereocenters. The van der Waals surface area contributed by atoms with Crippen molar-refractivity contribution in [3.63, 3.8) is 0 Å². The molecule has 0 radical (unpaired) electrons. The average Bonchev–Trinajstić information content (AvgIpc) is 2.52. The van der Waals surface area contributed by atoms with Gasteiger partial charge in [0.25, 0.3) is 0 Å². The first-order valence-corrected chi connectivity index (χ1v) is 7.72. The smallest absolute Gasteiger partial charge is 0.174 e. The van der Waals surface area contributed by atoms with Crippen LogP contribution in [-0.2, 0) is 11.9 Å². The molecule has 2 aromatic carbocycles. The Kier molecular flexibility index (Phi) is 5.65. The molecule has 0 amide bonds. The molecule has 3 nitrogen and oxygen atoms in total. The molecule has 108 valence electrons. The van der Waals surface area contributed by atoms with Gasteiger partial charge in [-0.05, 0) is 30.2 Å². The fraction of sp³-hybridized carbons (Fsp3) is 0.235. The number of hydrogen-bond acceptors (Lipinski definition) is 3. The minimum absolute atomic E-state index is 0.0386. The third kappa shape index (κ3) is 4.24. The summed E-state index contributed by atoms with van der Waals surface area (Å²) in [6.07, 6.45) is 0. The Hall–Kier alpha value is -1.99. The maximum absolute atomic E-state index is 8.66. The molecule has 4 heteroatoms. The van der Waals surface area contributed by atoms with E-state index in [1.165, 1.54) is 0 Å². The molecule has 2 rings (SSSR count). The van der Waals surface area contributed by atoms with Crippen molar-refractivity contribution in [2.75, 3.05) is 6.61 Å². The second-order valence-electron chi connectivity index (χ2n) is 4.58. The van der Waals surface area contributed by atoms with Crippen LogP contribution >= 0.6 is 15.9 Å². The molecule has 0 aliphatic heterocycles. The summed E-state index contributed by atoms with van der Waals surface area (Å²) in [5.41, 5.74) is 3.10. The van der Waals surface area contributed by atoms with Crippen LogP contribution in [0.2, 0.25) is 0 Å². The van der Waals surface area contributed by atoms with Crippen molar-refractivity contribution in [2.45, 2.75) is 18.9 Å². The van der Waals surface area contributed by atoms with Crippen LogP contribution < -0.4 is 9.47 Å². The van der Waals surface area contributed by atoms with Crippen molar-refractivity contribution in [3.8, 4) is 17.6 Å². The van der Waals surface area contributed by atoms with E-state index in [0.29, 0.717) is 6.61 Å². The summed E-state index contributed by atoms with van der Waals surface area (Å²) in [4.78, 5) is 0. The predicted molar refractivity (Wildman–Crippen MR) is 85.7 cm³/mol. The van der Waals surface area contributed by atoms with Crippen molar-refractivity contribution < 1.29 is 9.47 Å². The van der Waals surface area contributed by atoms with Crippen LogP contribution in [0, 0.1) is 18.3 Å². The highest BCUT2D eigenvalue weighted by atomic mass is 79.9. The van der Waals surface area contributed by atoms with Crippen LogP contribution in [0.5, 0.6) is 11.5 Å². The molecule has 0 heterocycles. The lowest BCUT2D eigenvalue weighted by Crippen LogP contribution is -2.03. The maximum Gasteiger partial charge on any atom is 0.174 e. The van der Waals surface area contributed by atoms with Gasteiger partial charge in [-0.3, -0.25) is 0 Å². The number of benzene rings is 2. The summed E-state index contributed by atoms with van der Waals surface area (Å²) in [6.45, 7) is 2.41. The number of para-hydroxylation sites is 1. The van der Waals surface area contributed by atoms with Crippen LogP contribution in [0.15, 0.2) is 42.5 Å². The van der Waals surface area contributed by atoms with E-state index in [-0.39, 0.29) is 6.61 Å². The van der Waals surface area contributed by atoms with Gasteiger partial charge in [-0.2, -0.15) is 5.26 Å². The molecule has 2 aromatic rings. The Balaban J connectivity index is 2.12. The molecule has 0 N–H and O–H groups in total. The van der Waals surface area contributed by atoms with Crippen LogP contribution in [0.3, 0.4) is 0 Å². The third-order valence-electron chi connectivity index (χ3n) is 3.02. The highest BCUT2D eigenvalue weighted by Crippen LogP contribution is 2.25. The minimum atomic E-state index is 0.0386. The van der Waals surface area contributed by atoms with E-state index in [1.807, 2.05) is 55.5 Å². The quantitative estimate of drug-likeness (QED) is 0.730. The first-order valence-electron chi connectivity index (χ1n) is 6.60. The van der Waals surface area contributed by atoms with Crippen molar-refractivity contribution in [3.05, 3.63) is 59.2 Å². The van der Waals surface area contributed by atoms with Crippen LogP contribution in [0.4, 0.5) is 0 Å². The monoisotopic (exact) mass is 345 g/mol. The fourth-order valence-corrected chi connectivity index (χ4v) is 2.37. The lowest BCUT2D eigenvalue weighted by molar-refractivity contribution is 0.291. The van der Waals surface area contributed by atoms with Crippen LogP contribution in [0.1, 0.15) is 16.7 Å². The van der Waals surface area contributed by atoms with Crippen molar-refractivity contribution in [1.82, 2.24) is 0 Å². The zero-order valence-corrected chi connectivity index (χ0v) is 13.4. The Morgan fingerprint density at radius 3 is 2.71 bits per heavy atom. The molecule has 21 heavy (non-hydrogen) atoms. The SMILES string of the molecule is Cc1cccc(COc2cccc(CBr)c2)c1OCC#N. The summed E-state index contributed by atoms with van der Waals surface area (Å²) in [7, 11) is 0. The maximum atomic E-state index is 8.66. The van der Waals surface area contributed by atoms with Crippen molar-refractivity contribution in [1.29, 1.82) is 5.26 Å². The summed E-state index contributed by atoms with van der Waals surface area (Å²) < 4.78 is 11.3. The number of nitriles is 1. The summed E-state index contributed by atoms with van der Waals surface area (Å²) in [5, 5.41) is 9.46. The molecule has 0 aromatic heterocycles. The Labute approximate surface area is 133 Å². The highest BCUT2D eigenvalue weighted by molar-refractivity contribution is 9.08. The zero-order valence-electron chi connectivity index (χ0n) is 11.8. The molecule has 0 aliphatic rings. The van der Waals surface area contributed by atoms with Gasteiger partial charge in [-0.1, -0.05) is 46.3 Å². The first kappa shape index (κ1) is 15.4. The number of aryl methyl sites for hydroxylation is 1. The van der Waals surface area contributed by atoms with E-state index >= 15 is 0 Å². The molecule has 0 fully saturated rings. The van der Waals surface area contributed by atoms with E-state index in [1.54, 1.807) is 0 Å². The second kappa shape index (κ2) is 7.70. The molecular weight excluding hydrogens is 330 g/mol. The normalized spacial score (nSPS) is 9.95. The van der Waals surface area contributed by atoms with Gasteiger partial charge in [-0.25, -0.2) is 0 Å². The minimum Gasteiger partial charge on any atom is -0.489 e. The molecule has 0 saturated heterocycles. The topological polar surface area (TPSA) is 42.2 Å². The van der Waals surface area contributed by atoms with Crippen LogP contribution in [-0.4, -0.2) is 6.61 Å². The molecule has 0 aliphatic carbocycles. The standard InChI is InChI=1S/C17H16BrNO2/c1-13-4-2-6-15(17(13)20-9-8-19)12-21-16-7-3-5-14(10-16)11-18/h2-7,10H,9,11-12H2,1H3. The van der Waals surface area contributed by atoms with Crippen LogP contribution in [0.25, 0.3) is 0 Å². The molecule has 0 saturated carbocycles. The lowest BCUT2D eigenvalue weighted by atomic mass is 10.1. The summed E-state index contributed by atoms with van der Waals surface area (Å²) >= 11 is 3.43. The molecule has 0 spiro atoms. The van der Waals surface area contributed by atoms with E-state index < -0.39 is 0 Å². The Bertz CT molecular complexity index is 649. The number of halogens is 1. The van der Waals surface area contributed by atoms with Gasteiger partial charge in [0.2, 0.25) is 0 Å². The summed E-state index contributed by atoms with van der Waals surface area (Å²) in [5.74, 6) is 1.55. The zero-order chi connectivity index (χ0) is 15.1. The van der Waals surface area contributed by atoms with Gasteiger partial charge in [0, 0.05) is 10.9 Å². The van der Waals surface area contributed by atoms with Crippen molar-refractivity contribution in [2.24, 2.45) is 0 Å². The third-order valence-corrected chi connectivity index (χ3v) is 3.67. The van der Waals surface area contributed by atoms with Crippen molar-refractivity contribution >= 4 is 15.9 Å². The van der Waals surface area contributed by atoms with Gasteiger partial charge >= 0.3 is 0 Å². The number of rotatable bonds is 6. The number of nitrogens with zero attached hydrogens (tertiary/aromatic N) is 1. The number of ether oxygens (including phenoxy) is 2. The van der Waals surface area contributed by atoms with Gasteiger partial charge in [0.1, 0.15) is 24.2 Å². The highest BCUT2D eigenvalue weighted by Gasteiger charge is 2.08. The molecule has 0 bridgehead atoms. The van der Waals surface area contributed by atoms with E-state index in [2.05, 4.69) is 15.9 Å². The predicted octanol–water partition coefficient (Wildman–Crippen LogP) is 4.37. The number of alkyl halides is 1. The van der Waals surface area contributed by atoms with E-state index in [0.717, 1.165) is 33.5 Å². The van der Waals surface area contributed by atoms with Gasteiger partial charge < -0.3 is 9.47 Å². The fourth-order valence-electron chi connectivity index (χ4n) is 2.02. The van der Waals surface area contributed by atoms with Gasteiger partial charge in [0.15, 0.2) is 6.61 Å². The lowest BCUT2D eigenvalue weighted by Gasteiger charge is -2.13. The van der Waals surface area contributed by atoms with Gasteiger partial charge in [0.05, 0.1) is 0 Å². The van der Waals surface area contributed by atoms with Gasteiger partial charge in [-0.15, -0.1) is 0 Å². The van der Waals surface area contributed by atoms with E-state index in [4.69, 9.17) is 14.7 Å². The summed E-state index contributed by atoms with van der Waals surface area (Å²) in [6, 6.07) is 15.8. The average molecular weight is 346 g/mol. The Morgan fingerprint density at radius 2 is 1.95 bits per heavy atom. The number of hydrogen-bond donors (Lipinski definition) is 0. The first-order chi connectivity index (χ1) is 10.2. The largest absolute Gasteiger partial charge is 0.489 e. The second-order valence-corrected chi connectivity index (χ2v) is 5.14.